The SMILES string of the molecule is CN=C(NCCc1nnc2n1CCCCC2)NC1CCN(C(=O)C2CCCC2)C1. The molecule has 4 rings (SSSR count). The molecule has 8 heteroatoms. The van der Waals surface area contributed by atoms with Crippen LogP contribution in [0.2, 0.25) is 0 Å². The standard InChI is InChI=1S/C21H35N7O/c1-22-21(23-12-10-19-26-25-18-9-3-2-6-13-28(18)19)24-17-11-14-27(15-17)20(29)16-7-4-5-8-16/h16-17H,2-15H2,1H3,(H2,22,23,24). The van der Waals surface area contributed by atoms with Gasteiger partial charge in [-0.25, -0.2) is 0 Å². The normalized spacial score (nSPS) is 23.1. The van der Waals surface area contributed by atoms with Crippen molar-refractivity contribution in [2.45, 2.75) is 76.8 Å². The van der Waals surface area contributed by atoms with Crippen molar-refractivity contribution in [2.75, 3.05) is 26.7 Å². The van der Waals surface area contributed by atoms with Gasteiger partial charge in [0.1, 0.15) is 11.6 Å². The van der Waals surface area contributed by atoms with E-state index in [2.05, 4.69) is 30.4 Å². The summed E-state index contributed by atoms with van der Waals surface area (Å²) in [6.45, 7) is 3.45. The number of carbonyl (C=O) groups is 1. The van der Waals surface area contributed by atoms with Crippen LogP contribution in [0.15, 0.2) is 4.99 Å². The fraction of sp³-hybridized carbons (Fsp3) is 0.810. The Hall–Kier alpha value is -2.12. The van der Waals surface area contributed by atoms with Gasteiger partial charge in [0.25, 0.3) is 0 Å². The lowest BCUT2D eigenvalue weighted by atomic mass is 10.1. The Labute approximate surface area is 173 Å². The van der Waals surface area contributed by atoms with E-state index in [0.29, 0.717) is 5.91 Å². The summed E-state index contributed by atoms with van der Waals surface area (Å²) >= 11 is 0. The summed E-state index contributed by atoms with van der Waals surface area (Å²) in [7, 11) is 1.80. The maximum Gasteiger partial charge on any atom is 0.225 e. The molecular weight excluding hydrogens is 366 g/mol. The molecule has 3 heterocycles. The summed E-state index contributed by atoms with van der Waals surface area (Å²) in [5, 5.41) is 15.7. The summed E-state index contributed by atoms with van der Waals surface area (Å²) in [5.41, 5.74) is 0. The highest BCUT2D eigenvalue weighted by Crippen LogP contribution is 2.27. The first kappa shape index (κ1) is 20.2. The number of fused-ring (bicyclic) bond motifs is 1. The molecule has 2 fully saturated rings. The number of aliphatic imine (C=N–C) groups is 1. The molecular formula is C21H35N7O. The molecule has 1 saturated heterocycles. The summed E-state index contributed by atoms with van der Waals surface area (Å²) < 4.78 is 2.30. The number of nitrogens with zero attached hydrogens (tertiary/aromatic N) is 5. The number of rotatable bonds is 5. The van der Waals surface area contributed by atoms with Gasteiger partial charge in [0, 0.05) is 58.0 Å². The van der Waals surface area contributed by atoms with Crippen molar-refractivity contribution in [1.82, 2.24) is 30.3 Å². The predicted octanol–water partition coefficient (Wildman–Crippen LogP) is 1.50. The quantitative estimate of drug-likeness (QED) is 0.577. The van der Waals surface area contributed by atoms with E-state index in [1.807, 2.05) is 4.90 Å². The Bertz CT molecular complexity index is 723. The first-order valence-corrected chi connectivity index (χ1v) is 11.4. The molecule has 8 nitrogen and oxygen atoms in total. The molecule has 0 bridgehead atoms. The number of aromatic nitrogens is 3. The number of hydrogen-bond acceptors (Lipinski definition) is 4. The zero-order chi connectivity index (χ0) is 20.1. The Balaban J connectivity index is 1.22. The molecule has 2 aliphatic heterocycles. The number of amides is 1. The molecule has 0 aromatic carbocycles. The minimum Gasteiger partial charge on any atom is -0.356 e. The minimum atomic E-state index is 0.268. The summed E-state index contributed by atoms with van der Waals surface area (Å²) in [6.07, 6.45) is 11.1. The van der Waals surface area contributed by atoms with E-state index in [-0.39, 0.29) is 12.0 Å². The molecule has 1 unspecified atom stereocenters. The fourth-order valence-electron chi connectivity index (χ4n) is 4.92. The van der Waals surface area contributed by atoms with Gasteiger partial charge in [0.15, 0.2) is 5.96 Å². The molecule has 1 amide bonds. The van der Waals surface area contributed by atoms with Gasteiger partial charge in [0.05, 0.1) is 0 Å². The third-order valence-corrected chi connectivity index (χ3v) is 6.60. The average Bonchev–Trinajstić information content (AvgIpc) is 3.47. The molecule has 0 spiro atoms. The first-order chi connectivity index (χ1) is 14.2. The molecule has 0 radical (unpaired) electrons. The van der Waals surface area contributed by atoms with E-state index in [1.54, 1.807) is 7.05 Å². The van der Waals surface area contributed by atoms with Gasteiger partial charge in [-0.3, -0.25) is 9.79 Å². The summed E-state index contributed by atoms with van der Waals surface area (Å²) in [6, 6.07) is 0.274. The van der Waals surface area contributed by atoms with Gasteiger partial charge in [-0.2, -0.15) is 0 Å². The maximum absolute atomic E-state index is 12.6. The van der Waals surface area contributed by atoms with Crippen molar-refractivity contribution in [3.05, 3.63) is 11.6 Å². The van der Waals surface area contributed by atoms with Crippen LogP contribution in [0.1, 0.15) is 63.0 Å². The smallest absolute Gasteiger partial charge is 0.225 e. The largest absolute Gasteiger partial charge is 0.356 e. The number of carbonyl (C=O) groups excluding carboxylic acids is 1. The highest BCUT2D eigenvalue weighted by molar-refractivity contribution is 5.81. The van der Waals surface area contributed by atoms with Gasteiger partial charge < -0.3 is 20.1 Å². The van der Waals surface area contributed by atoms with Crippen molar-refractivity contribution < 1.29 is 4.79 Å². The number of nitrogens with one attached hydrogen (secondary N) is 2. The number of aryl methyl sites for hydroxylation is 1. The molecule has 2 N–H and O–H groups in total. The second kappa shape index (κ2) is 9.59. The van der Waals surface area contributed by atoms with Crippen LogP contribution in [0, 0.1) is 5.92 Å². The Kier molecular flexibility index (Phi) is 6.67. The van der Waals surface area contributed by atoms with Crippen LogP contribution in [0.3, 0.4) is 0 Å². The monoisotopic (exact) mass is 401 g/mol. The minimum absolute atomic E-state index is 0.268. The van der Waals surface area contributed by atoms with Gasteiger partial charge in [0.2, 0.25) is 5.91 Å². The van der Waals surface area contributed by atoms with Crippen molar-refractivity contribution >= 4 is 11.9 Å². The van der Waals surface area contributed by atoms with Crippen molar-refractivity contribution in [3.63, 3.8) is 0 Å². The van der Waals surface area contributed by atoms with Gasteiger partial charge in [-0.15, -0.1) is 10.2 Å². The first-order valence-electron chi connectivity index (χ1n) is 11.4. The van der Waals surface area contributed by atoms with E-state index in [4.69, 9.17) is 0 Å². The number of hydrogen-bond donors (Lipinski definition) is 2. The van der Waals surface area contributed by atoms with Crippen LogP contribution in [0.25, 0.3) is 0 Å². The third-order valence-electron chi connectivity index (χ3n) is 6.60. The lowest BCUT2D eigenvalue weighted by Crippen LogP contribution is -2.46. The highest BCUT2D eigenvalue weighted by atomic mass is 16.2. The van der Waals surface area contributed by atoms with Crippen molar-refractivity contribution in [2.24, 2.45) is 10.9 Å². The van der Waals surface area contributed by atoms with Crippen LogP contribution in [0.4, 0.5) is 0 Å². The Morgan fingerprint density at radius 2 is 1.97 bits per heavy atom. The Morgan fingerprint density at radius 1 is 1.10 bits per heavy atom. The summed E-state index contributed by atoms with van der Waals surface area (Å²) in [4.78, 5) is 19.0. The average molecular weight is 402 g/mol. The number of likely N-dealkylation sites (tertiary alicyclic amines) is 1. The van der Waals surface area contributed by atoms with Crippen molar-refractivity contribution in [3.8, 4) is 0 Å². The molecule has 29 heavy (non-hydrogen) atoms. The second-order valence-electron chi connectivity index (χ2n) is 8.64. The summed E-state index contributed by atoms with van der Waals surface area (Å²) in [5.74, 6) is 3.64. The van der Waals surface area contributed by atoms with E-state index in [0.717, 1.165) is 75.9 Å². The van der Waals surface area contributed by atoms with Gasteiger partial charge in [-0.05, 0) is 32.1 Å². The maximum atomic E-state index is 12.6. The predicted molar refractivity (Wildman–Crippen MR) is 113 cm³/mol. The zero-order valence-corrected chi connectivity index (χ0v) is 17.7. The highest BCUT2D eigenvalue weighted by Gasteiger charge is 2.32. The lowest BCUT2D eigenvalue weighted by Gasteiger charge is -2.21. The zero-order valence-electron chi connectivity index (χ0n) is 17.7. The molecule has 1 aromatic rings. The lowest BCUT2D eigenvalue weighted by molar-refractivity contribution is -0.134. The van der Waals surface area contributed by atoms with E-state index >= 15 is 0 Å². The number of guanidine groups is 1. The molecule has 1 aliphatic carbocycles. The van der Waals surface area contributed by atoms with Gasteiger partial charge >= 0.3 is 0 Å². The molecule has 1 atom stereocenters. The van der Waals surface area contributed by atoms with E-state index in [9.17, 15) is 4.79 Å². The van der Waals surface area contributed by atoms with E-state index < -0.39 is 0 Å². The molecule has 1 aromatic heterocycles. The molecule has 1 saturated carbocycles. The van der Waals surface area contributed by atoms with E-state index in [1.165, 1.54) is 32.1 Å². The molecule has 160 valence electrons. The fourth-order valence-corrected chi connectivity index (χ4v) is 4.92. The van der Waals surface area contributed by atoms with Crippen LogP contribution in [0.5, 0.6) is 0 Å². The topological polar surface area (TPSA) is 87.4 Å². The van der Waals surface area contributed by atoms with Crippen LogP contribution in [-0.4, -0.2) is 64.3 Å². The second-order valence-corrected chi connectivity index (χ2v) is 8.64. The van der Waals surface area contributed by atoms with Crippen molar-refractivity contribution in [1.29, 1.82) is 0 Å². The Morgan fingerprint density at radius 3 is 2.79 bits per heavy atom. The third kappa shape index (κ3) is 4.90. The molecule has 3 aliphatic rings. The van der Waals surface area contributed by atoms with Crippen LogP contribution < -0.4 is 10.6 Å². The van der Waals surface area contributed by atoms with Crippen LogP contribution in [-0.2, 0) is 24.2 Å². The van der Waals surface area contributed by atoms with Gasteiger partial charge in [-0.1, -0.05) is 19.3 Å². The van der Waals surface area contributed by atoms with Crippen LogP contribution >= 0.6 is 0 Å².